The van der Waals surface area contributed by atoms with Gasteiger partial charge in [-0.15, -0.1) is 0 Å². The van der Waals surface area contributed by atoms with Gasteiger partial charge >= 0.3 is 6.03 Å². The smallest absolute Gasteiger partial charge is 0.322 e. The highest BCUT2D eigenvalue weighted by Crippen LogP contribution is 2.30. The highest BCUT2D eigenvalue weighted by atomic mass is 16.2. The quantitative estimate of drug-likeness (QED) is 0.761. The number of para-hydroxylation sites is 1. The van der Waals surface area contributed by atoms with Gasteiger partial charge in [-0.3, -0.25) is 10.1 Å². The molecule has 2 aromatic rings. The van der Waals surface area contributed by atoms with Crippen LogP contribution in [-0.4, -0.2) is 40.5 Å². The van der Waals surface area contributed by atoms with Crippen LogP contribution in [0, 0.1) is 0 Å². The number of imide groups is 1. The van der Waals surface area contributed by atoms with Crippen molar-refractivity contribution in [1.29, 1.82) is 0 Å². The molecule has 3 amide bonds. The molecule has 0 atom stereocenters. The minimum atomic E-state index is -0.754. The highest BCUT2D eigenvalue weighted by Gasteiger charge is 2.48. The predicted octanol–water partition coefficient (Wildman–Crippen LogP) is 0.808. The molecule has 1 spiro atoms. The lowest BCUT2D eigenvalue weighted by atomic mass is 9.87. The van der Waals surface area contributed by atoms with Gasteiger partial charge in [0.25, 0.3) is 5.91 Å². The highest BCUT2D eigenvalue weighted by molar-refractivity contribution is 6.07. The molecule has 4 rings (SSSR count). The fourth-order valence-corrected chi connectivity index (χ4v) is 3.22. The third-order valence-electron chi connectivity index (χ3n) is 4.45. The molecule has 7 heteroatoms. The Balaban J connectivity index is 1.61. The second-order valence-corrected chi connectivity index (χ2v) is 5.69. The van der Waals surface area contributed by atoms with Gasteiger partial charge in [0.2, 0.25) is 0 Å². The van der Waals surface area contributed by atoms with E-state index in [1.165, 1.54) is 0 Å². The van der Waals surface area contributed by atoms with Crippen molar-refractivity contribution in [3.63, 3.8) is 0 Å². The van der Waals surface area contributed by atoms with Crippen LogP contribution >= 0.6 is 0 Å². The van der Waals surface area contributed by atoms with Crippen molar-refractivity contribution in [3.8, 4) is 0 Å². The number of rotatable bonds is 1. The van der Waals surface area contributed by atoms with Crippen molar-refractivity contribution >= 4 is 28.7 Å². The average Bonchev–Trinajstić information content (AvgIpc) is 2.81. The average molecular weight is 297 g/mol. The van der Waals surface area contributed by atoms with Crippen LogP contribution in [0.2, 0.25) is 0 Å². The number of piperidine rings is 1. The van der Waals surface area contributed by atoms with Crippen molar-refractivity contribution in [2.75, 3.05) is 18.0 Å². The van der Waals surface area contributed by atoms with Gasteiger partial charge in [-0.2, -0.15) is 0 Å². The van der Waals surface area contributed by atoms with Gasteiger partial charge in [0.1, 0.15) is 17.7 Å². The molecular weight excluding hydrogens is 282 g/mol. The molecule has 0 radical (unpaired) electrons. The van der Waals surface area contributed by atoms with Crippen molar-refractivity contribution in [2.45, 2.75) is 18.4 Å². The Morgan fingerprint density at radius 2 is 1.86 bits per heavy atom. The van der Waals surface area contributed by atoms with E-state index < -0.39 is 11.6 Å². The summed E-state index contributed by atoms with van der Waals surface area (Å²) >= 11 is 0. The summed E-state index contributed by atoms with van der Waals surface area (Å²) in [6.07, 6.45) is 2.71. The molecule has 0 aliphatic carbocycles. The third-order valence-corrected chi connectivity index (χ3v) is 4.45. The molecule has 1 aromatic carbocycles. The first-order chi connectivity index (χ1) is 10.7. The number of aromatic nitrogens is 2. The number of fused-ring (bicyclic) bond motifs is 1. The number of nitrogens with zero attached hydrogens (tertiary/aromatic N) is 3. The maximum Gasteiger partial charge on any atom is 0.322 e. The summed E-state index contributed by atoms with van der Waals surface area (Å²) in [5.41, 5.74) is 0.149. The Kier molecular flexibility index (Phi) is 2.75. The fourth-order valence-electron chi connectivity index (χ4n) is 3.22. The van der Waals surface area contributed by atoms with Gasteiger partial charge in [0.15, 0.2) is 0 Å². The molecule has 112 valence electrons. The van der Waals surface area contributed by atoms with Gasteiger partial charge in [0.05, 0.1) is 5.52 Å². The molecule has 22 heavy (non-hydrogen) atoms. The van der Waals surface area contributed by atoms with Gasteiger partial charge < -0.3 is 10.2 Å². The zero-order valence-electron chi connectivity index (χ0n) is 11.9. The first-order valence-corrected chi connectivity index (χ1v) is 7.26. The molecule has 0 saturated carbocycles. The van der Waals surface area contributed by atoms with Crippen LogP contribution in [-0.2, 0) is 4.79 Å². The van der Waals surface area contributed by atoms with E-state index in [0.717, 1.165) is 16.7 Å². The van der Waals surface area contributed by atoms with Crippen molar-refractivity contribution < 1.29 is 9.59 Å². The first-order valence-electron chi connectivity index (χ1n) is 7.26. The minimum Gasteiger partial charge on any atom is -0.356 e. The van der Waals surface area contributed by atoms with Crippen molar-refractivity contribution in [3.05, 3.63) is 30.6 Å². The van der Waals surface area contributed by atoms with Crippen LogP contribution in [0.1, 0.15) is 12.8 Å². The lowest BCUT2D eigenvalue weighted by molar-refractivity contribution is -0.124. The van der Waals surface area contributed by atoms with Crippen LogP contribution < -0.4 is 15.5 Å². The standard InChI is InChI=1S/C15H15N5O2/c21-13-15(19-14(22)18-13)5-7-20(8-6-15)12-10-3-1-2-4-11(10)16-9-17-12/h1-4,9H,5-8H2,(H2,18,19,21,22). The Hall–Kier alpha value is -2.70. The summed E-state index contributed by atoms with van der Waals surface area (Å²) in [5.74, 6) is 0.662. The van der Waals surface area contributed by atoms with Crippen LogP contribution in [0.4, 0.5) is 10.6 Å². The zero-order chi connectivity index (χ0) is 15.2. The van der Waals surface area contributed by atoms with Gasteiger partial charge in [-0.25, -0.2) is 14.8 Å². The number of urea groups is 1. The largest absolute Gasteiger partial charge is 0.356 e. The second kappa shape index (κ2) is 4.66. The van der Waals surface area contributed by atoms with Crippen molar-refractivity contribution in [2.24, 2.45) is 0 Å². The molecular formula is C15H15N5O2. The van der Waals surface area contributed by atoms with E-state index in [2.05, 4.69) is 25.5 Å². The predicted molar refractivity (Wildman–Crippen MR) is 80.4 cm³/mol. The Bertz CT molecular complexity index is 762. The first kappa shape index (κ1) is 13.0. The number of carbonyl (C=O) groups is 2. The number of hydrogen-bond acceptors (Lipinski definition) is 5. The normalized spacial score (nSPS) is 20.3. The summed E-state index contributed by atoms with van der Waals surface area (Å²) in [6.45, 7) is 1.32. The van der Waals surface area contributed by atoms with Crippen LogP contribution in [0.5, 0.6) is 0 Å². The molecule has 1 aromatic heterocycles. The summed E-state index contributed by atoms with van der Waals surface area (Å²) in [4.78, 5) is 34.2. The molecule has 3 heterocycles. The maximum atomic E-state index is 12.0. The monoisotopic (exact) mass is 297 g/mol. The van der Waals surface area contributed by atoms with E-state index in [9.17, 15) is 9.59 Å². The number of carbonyl (C=O) groups excluding carboxylic acids is 2. The van der Waals surface area contributed by atoms with E-state index in [1.54, 1.807) is 6.33 Å². The second-order valence-electron chi connectivity index (χ2n) is 5.69. The van der Waals surface area contributed by atoms with E-state index in [-0.39, 0.29) is 5.91 Å². The molecule has 2 fully saturated rings. The molecule has 7 nitrogen and oxygen atoms in total. The minimum absolute atomic E-state index is 0.218. The fraction of sp³-hybridized carbons (Fsp3) is 0.333. The topological polar surface area (TPSA) is 87.2 Å². The maximum absolute atomic E-state index is 12.0. The molecule has 2 aliphatic rings. The summed E-state index contributed by atoms with van der Waals surface area (Å²) in [6, 6.07) is 7.47. The van der Waals surface area contributed by atoms with Gasteiger partial charge in [-0.05, 0) is 25.0 Å². The Labute approximate surface area is 126 Å². The third kappa shape index (κ3) is 1.89. The molecule has 2 N–H and O–H groups in total. The van der Waals surface area contributed by atoms with Crippen LogP contribution in [0.3, 0.4) is 0 Å². The van der Waals surface area contributed by atoms with E-state index in [0.29, 0.717) is 25.9 Å². The lowest BCUT2D eigenvalue weighted by Crippen LogP contribution is -2.55. The lowest BCUT2D eigenvalue weighted by Gasteiger charge is -2.37. The van der Waals surface area contributed by atoms with Crippen LogP contribution in [0.15, 0.2) is 30.6 Å². The molecule has 0 bridgehead atoms. The summed E-state index contributed by atoms with van der Waals surface area (Å²) in [5, 5.41) is 6.10. The molecule has 2 saturated heterocycles. The zero-order valence-corrected chi connectivity index (χ0v) is 11.9. The SMILES string of the molecule is O=C1NC(=O)C2(CCN(c3ncnc4ccccc34)CC2)N1. The Morgan fingerprint density at radius 3 is 2.59 bits per heavy atom. The van der Waals surface area contributed by atoms with Gasteiger partial charge in [0, 0.05) is 18.5 Å². The summed E-state index contributed by atoms with van der Waals surface area (Å²) in [7, 11) is 0. The number of nitrogens with one attached hydrogen (secondary N) is 2. The van der Waals surface area contributed by atoms with Crippen LogP contribution in [0.25, 0.3) is 10.9 Å². The number of anilines is 1. The number of amides is 3. The van der Waals surface area contributed by atoms with E-state index in [4.69, 9.17) is 0 Å². The molecule has 2 aliphatic heterocycles. The van der Waals surface area contributed by atoms with E-state index in [1.807, 2.05) is 24.3 Å². The van der Waals surface area contributed by atoms with Crippen molar-refractivity contribution in [1.82, 2.24) is 20.6 Å². The molecule has 0 unspecified atom stereocenters. The number of hydrogen-bond donors (Lipinski definition) is 2. The summed E-state index contributed by atoms with van der Waals surface area (Å²) < 4.78 is 0. The Morgan fingerprint density at radius 1 is 1.09 bits per heavy atom. The number of benzene rings is 1. The van der Waals surface area contributed by atoms with E-state index >= 15 is 0 Å². The van der Waals surface area contributed by atoms with Gasteiger partial charge in [-0.1, -0.05) is 12.1 Å².